The zero-order chi connectivity index (χ0) is 20.5. The maximum absolute atomic E-state index is 10.2. The Morgan fingerprint density at radius 1 is 0.964 bits per heavy atom. The second kappa shape index (κ2) is 7.22. The fourth-order valence-corrected chi connectivity index (χ4v) is 5.96. The zero-order valence-corrected chi connectivity index (χ0v) is 16.6. The lowest BCUT2D eigenvalue weighted by Crippen LogP contribution is -2.65. The SMILES string of the molecule is CCOCC1(COCC)CC2(C=C3CCCC3C(C#N)(C#N)C2(C#N)C#N)C1. The van der Waals surface area contributed by atoms with Crippen molar-refractivity contribution in [3.63, 3.8) is 0 Å². The van der Waals surface area contributed by atoms with E-state index >= 15 is 0 Å². The van der Waals surface area contributed by atoms with Crippen LogP contribution in [0.25, 0.3) is 0 Å². The fraction of sp³-hybridized carbons (Fsp3) is 0.727. The van der Waals surface area contributed by atoms with E-state index in [0.29, 0.717) is 45.7 Å². The Hall–Kier alpha value is -2.38. The monoisotopic (exact) mass is 378 g/mol. The standard InChI is InChI=1S/C22H26N4O2/c1-3-27-15-19(16-28-4-2)9-20(10-19)8-17-6-5-7-18(17)21(11-23,12-24)22(20,13-25)14-26/h8,18H,3-7,9-10,15-16H2,1-2H3. The van der Waals surface area contributed by atoms with Crippen LogP contribution in [0.3, 0.4) is 0 Å². The minimum absolute atomic E-state index is 0.301. The van der Waals surface area contributed by atoms with Crippen molar-refractivity contribution in [2.75, 3.05) is 26.4 Å². The molecule has 6 nitrogen and oxygen atoms in total. The van der Waals surface area contributed by atoms with Gasteiger partial charge in [0.2, 0.25) is 0 Å². The molecule has 0 bridgehead atoms. The first-order chi connectivity index (χ1) is 13.5. The van der Waals surface area contributed by atoms with Gasteiger partial charge in [-0.2, -0.15) is 21.0 Å². The van der Waals surface area contributed by atoms with E-state index in [9.17, 15) is 21.0 Å². The molecule has 0 aliphatic heterocycles. The lowest BCUT2D eigenvalue weighted by atomic mass is 9.35. The quantitative estimate of drug-likeness (QED) is 0.652. The summed E-state index contributed by atoms with van der Waals surface area (Å²) >= 11 is 0. The molecule has 28 heavy (non-hydrogen) atoms. The average Bonchev–Trinajstić information content (AvgIpc) is 3.16. The second-order valence-electron chi connectivity index (χ2n) is 8.45. The largest absolute Gasteiger partial charge is 0.381 e. The smallest absolute Gasteiger partial charge is 0.184 e. The highest BCUT2D eigenvalue weighted by atomic mass is 16.5. The first-order valence-corrected chi connectivity index (χ1v) is 10.0. The summed E-state index contributed by atoms with van der Waals surface area (Å²) in [5, 5.41) is 40.6. The molecule has 3 rings (SSSR count). The van der Waals surface area contributed by atoms with Crippen LogP contribution in [-0.2, 0) is 9.47 Å². The molecule has 0 aromatic carbocycles. The van der Waals surface area contributed by atoms with E-state index < -0.39 is 16.2 Å². The van der Waals surface area contributed by atoms with Crippen molar-refractivity contribution >= 4 is 0 Å². The predicted molar refractivity (Wildman–Crippen MR) is 99.8 cm³/mol. The van der Waals surface area contributed by atoms with E-state index in [4.69, 9.17) is 9.47 Å². The van der Waals surface area contributed by atoms with Crippen LogP contribution < -0.4 is 0 Å². The van der Waals surface area contributed by atoms with Gasteiger partial charge in [-0.05, 0) is 46.0 Å². The summed E-state index contributed by atoms with van der Waals surface area (Å²) in [4.78, 5) is 0. The Bertz CT molecular complexity index is 789. The van der Waals surface area contributed by atoms with Gasteiger partial charge in [-0.15, -0.1) is 0 Å². The van der Waals surface area contributed by atoms with Crippen LogP contribution in [0.15, 0.2) is 11.6 Å². The van der Waals surface area contributed by atoms with Crippen LogP contribution in [0.5, 0.6) is 0 Å². The fourth-order valence-electron chi connectivity index (χ4n) is 5.96. The lowest BCUT2D eigenvalue weighted by Gasteiger charge is -2.63. The molecule has 1 spiro atoms. The number of fused-ring (bicyclic) bond motifs is 1. The van der Waals surface area contributed by atoms with Crippen LogP contribution in [0.1, 0.15) is 46.0 Å². The van der Waals surface area contributed by atoms with Gasteiger partial charge in [-0.3, -0.25) is 0 Å². The highest BCUT2D eigenvalue weighted by molar-refractivity contribution is 5.50. The zero-order valence-electron chi connectivity index (χ0n) is 16.6. The number of nitrogens with zero attached hydrogens (tertiary/aromatic N) is 4. The third kappa shape index (κ3) is 2.42. The van der Waals surface area contributed by atoms with Crippen LogP contribution in [0, 0.1) is 72.9 Å². The molecule has 0 saturated heterocycles. The number of nitriles is 4. The van der Waals surface area contributed by atoms with Gasteiger partial charge in [0, 0.05) is 30.0 Å². The van der Waals surface area contributed by atoms with Crippen molar-refractivity contribution in [3.8, 4) is 24.3 Å². The predicted octanol–water partition coefficient (Wildman–Crippen LogP) is 3.63. The van der Waals surface area contributed by atoms with Crippen LogP contribution >= 0.6 is 0 Å². The first-order valence-electron chi connectivity index (χ1n) is 10.0. The second-order valence-corrected chi connectivity index (χ2v) is 8.45. The van der Waals surface area contributed by atoms with Crippen LogP contribution in [-0.4, -0.2) is 26.4 Å². The topological polar surface area (TPSA) is 114 Å². The number of allylic oxidation sites excluding steroid dienone is 2. The maximum Gasteiger partial charge on any atom is 0.184 e. The van der Waals surface area contributed by atoms with E-state index in [0.717, 1.165) is 18.4 Å². The molecule has 3 aliphatic rings. The molecule has 3 aliphatic carbocycles. The van der Waals surface area contributed by atoms with Gasteiger partial charge in [-0.25, -0.2) is 0 Å². The van der Waals surface area contributed by atoms with Crippen molar-refractivity contribution in [1.82, 2.24) is 0 Å². The molecule has 1 unspecified atom stereocenters. The van der Waals surface area contributed by atoms with Crippen molar-refractivity contribution in [3.05, 3.63) is 11.6 Å². The Morgan fingerprint density at radius 3 is 2.00 bits per heavy atom. The average molecular weight is 378 g/mol. The summed E-state index contributed by atoms with van der Waals surface area (Å²) in [5.41, 5.74) is -3.37. The lowest BCUT2D eigenvalue weighted by molar-refractivity contribution is -0.157. The molecule has 0 heterocycles. The Morgan fingerprint density at radius 2 is 1.54 bits per heavy atom. The van der Waals surface area contributed by atoms with Gasteiger partial charge in [0.25, 0.3) is 0 Å². The van der Waals surface area contributed by atoms with Crippen molar-refractivity contribution < 1.29 is 9.47 Å². The summed E-state index contributed by atoms with van der Waals surface area (Å²) < 4.78 is 11.4. The molecule has 1 atom stereocenters. The van der Waals surface area contributed by atoms with Crippen LogP contribution in [0.2, 0.25) is 0 Å². The van der Waals surface area contributed by atoms with Gasteiger partial charge >= 0.3 is 0 Å². The van der Waals surface area contributed by atoms with E-state index in [1.165, 1.54) is 0 Å². The van der Waals surface area contributed by atoms with Gasteiger partial charge < -0.3 is 9.47 Å². The minimum Gasteiger partial charge on any atom is -0.381 e. The first kappa shape index (κ1) is 20.4. The van der Waals surface area contributed by atoms with Crippen molar-refractivity contribution in [2.45, 2.75) is 46.0 Å². The molecule has 0 amide bonds. The Labute approximate surface area is 166 Å². The van der Waals surface area contributed by atoms with Gasteiger partial charge in [0.15, 0.2) is 10.8 Å². The number of hydrogen-bond acceptors (Lipinski definition) is 6. The van der Waals surface area contributed by atoms with Crippen molar-refractivity contribution in [1.29, 1.82) is 21.0 Å². The summed E-state index contributed by atoms with van der Waals surface area (Å²) in [7, 11) is 0. The van der Waals surface area contributed by atoms with Gasteiger partial charge in [-0.1, -0.05) is 11.6 Å². The van der Waals surface area contributed by atoms with Gasteiger partial charge in [0.1, 0.15) is 0 Å². The summed E-state index contributed by atoms with van der Waals surface area (Å²) in [6, 6.07) is 8.68. The maximum atomic E-state index is 10.2. The molecule has 0 radical (unpaired) electrons. The molecule has 0 aromatic rings. The third-order valence-corrected chi connectivity index (χ3v) is 7.02. The molecule has 6 heteroatoms. The molecular formula is C22H26N4O2. The number of rotatable bonds is 6. The Kier molecular flexibility index (Phi) is 5.25. The van der Waals surface area contributed by atoms with Crippen molar-refractivity contribution in [2.24, 2.45) is 27.6 Å². The minimum atomic E-state index is -1.69. The summed E-state index contributed by atoms with van der Waals surface area (Å²) in [6.07, 6.45) is 5.50. The highest BCUT2D eigenvalue weighted by Crippen LogP contribution is 2.73. The molecule has 0 aromatic heterocycles. The normalized spacial score (nSPS) is 27.2. The van der Waals surface area contributed by atoms with E-state index in [1.807, 2.05) is 13.8 Å². The van der Waals surface area contributed by atoms with E-state index in [-0.39, 0.29) is 11.3 Å². The molecular weight excluding hydrogens is 352 g/mol. The molecule has 2 saturated carbocycles. The van der Waals surface area contributed by atoms with E-state index in [2.05, 4.69) is 30.4 Å². The van der Waals surface area contributed by atoms with E-state index in [1.54, 1.807) is 0 Å². The Balaban J connectivity index is 2.11. The molecule has 0 N–H and O–H groups in total. The summed E-state index contributed by atoms with van der Waals surface area (Å²) in [5.74, 6) is -0.332. The number of ether oxygens (including phenoxy) is 2. The van der Waals surface area contributed by atoms with Crippen LogP contribution in [0.4, 0.5) is 0 Å². The van der Waals surface area contributed by atoms with Gasteiger partial charge in [0.05, 0.1) is 37.5 Å². The number of hydrogen-bond donors (Lipinski definition) is 0. The molecule has 2 fully saturated rings. The third-order valence-electron chi connectivity index (χ3n) is 7.02. The highest BCUT2D eigenvalue weighted by Gasteiger charge is 2.76. The summed E-state index contributed by atoms with van der Waals surface area (Å²) in [6.45, 7) is 5.98. The molecule has 146 valence electrons.